The van der Waals surface area contributed by atoms with Crippen molar-refractivity contribution in [2.24, 2.45) is 17.6 Å². The third kappa shape index (κ3) is 4.54. The summed E-state index contributed by atoms with van der Waals surface area (Å²) >= 11 is 0. The van der Waals surface area contributed by atoms with Gasteiger partial charge in [0.2, 0.25) is 0 Å². The van der Waals surface area contributed by atoms with Gasteiger partial charge < -0.3 is 20.7 Å². The lowest BCUT2D eigenvalue weighted by Gasteiger charge is -2.39. The quantitative estimate of drug-likeness (QED) is 0.599. The van der Waals surface area contributed by atoms with E-state index in [4.69, 9.17) is 10.5 Å². The van der Waals surface area contributed by atoms with Crippen LogP contribution in [0.4, 0.5) is 11.4 Å². The van der Waals surface area contributed by atoms with E-state index in [1.54, 1.807) is 0 Å². The van der Waals surface area contributed by atoms with Crippen molar-refractivity contribution in [3.05, 3.63) is 56.3 Å². The number of benzene rings is 1. The Labute approximate surface area is 171 Å². The third-order valence-corrected chi connectivity index (χ3v) is 6.18. The fraction of sp³-hybridized carbons (Fsp3) is 0.565. The summed E-state index contributed by atoms with van der Waals surface area (Å²) in [5.74, 6) is 1.13. The van der Waals surface area contributed by atoms with Crippen LogP contribution in [0.25, 0.3) is 0 Å². The molecule has 2 aromatic carbocycles. The standard InChI is InChI=1S/C23H31N3O3/c24-11-12-25-19-20(22(28)21(19)27)26-13-4-7-18(15-26)23(17-5-2-1-3-6-17)29-14-10-16-8-9-16/h1-3,5-6,16,18,23,25H,4,7-15,24H2. The fourth-order valence-electron chi connectivity index (χ4n) is 4.42. The molecule has 2 aliphatic rings. The van der Waals surface area contributed by atoms with Gasteiger partial charge in [-0.3, -0.25) is 9.59 Å². The van der Waals surface area contributed by atoms with Crippen molar-refractivity contribution in [1.82, 2.24) is 0 Å². The lowest BCUT2D eigenvalue weighted by atomic mass is 9.87. The van der Waals surface area contributed by atoms with Crippen LogP contribution in [0.5, 0.6) is 0 Å². The van der Waals surface area contributed by atoms with Crippen LogP contribution >= 0.6 is 0 Å². The summed E-state index contributed by atoms with van der Waals surface area (Å²) in [6.45, 7) is 3.22. The number of ether oxygens (including phenoxy) is 1. The second kappa shape index (κ2) is 9.09. The number of nitrogens with two attached hydrogens (primary N) is 1. The molecule has 6 nitrogen and oxygen atoms in total. The van der Waals surface area contributed by atoms with Crippen molar-refractivity contribution in [1.29, 1.82) is 0 Å². The molecule has 0 spiro atoms. The zero-order valence-corrected chi connectivity index (χ0v) is 16.9. The van der Waals surface area contributed by atoms with Crippen molar-refractivity contribution in [2.45, 2.75) is 38.2 Å². The normalized spacial score (nSPS) is 20.7. The predicted octanol–water partition coefficient (Wildman–Crippen LogP) is 2.43. The van der Waals surface area contributed by atoms with Crippen LogP contribution in [0.3, 0.4) is 0 Å². The maximum Gasteiger partial charge on any atom is 0.253 e. The number of hydrogen-bond donors (Lipinski definition) is 2. The lowest BCUT2D eigenvalue weighted by Crippen LogP contribution is -2.47. The lowest BCUT2D eigenvalue weighted by molar-refractivity contribution is 0.00304. The molecular formula is C23H31N3O3. The summed E-state index contributed by atoms with van der Waals surface area (Å²) in [6, 6.07) is 10.4. The third-order valence-electron chi connectivity index (χ3n) is 6.18. The van der Waals surface area contributed by atoms with E-state index in [1.165, 1.54) is 18.4 Å². The number of nitrogens with one attached hydrogen (secondary N) is 1. The van der Waals surface area contributed by atoms with Crippen molar-refractivity contribution in [3.63, 3.8) is 0 Å². The Morgan fingerprint density at radius 3 is 2.66 bits per heavy atom. The fourth-order valence-corrected chi connectivity index (χ4v) is 4.42. The summed E-state index contributed by atoms with van der Waals surface area (Å²) in [7, 11) is 0. The zero-order valence-electron chi connectivity index (χ0n) is 16.9. The molecular weight excluding hydrogens is 366 g/mol. The topological polar surface area (TPSA) is 84.7 Å². The molecule has 2 atom stereocenters. The van der Waals surface area contributed by atoms with Gasteiger partial charge in [-0.25, -0.2) is 0 Å². The largest absolute Gasteiger partial charge is 0.379 e. The SMILES string of the molecule is NCCNc1c(N2CCCC(C(OCCC3CC3)c3ccccc3)C2)c(=O)c1=O. The van der Waals surface area contributed by atoms with Gasteiger partial charge in [0, 0.05) is 38.7 Å². The molecule has 29 heavy (non-hydrogen) atoms. The van der Waals surface area contributed by atoms with Gasteiger partial charge in [-0.05, 0) is 30.7 Å². The van der Waals surface area contributed by atoms with Gasteiger partial charge in [0.1, 0.15) is 11.4 Å². The van der Waals surface area contributed by atoms with Gasteiger partial charge in [0.15, 0.2) is 0 Å². The molecule has 156 valence electrons. The first kappa shape index (κ1) is 20.1. The smallest absolute Gasteiger partial charge is 0.253 e. The van der Waals surface area contributed by atoms with E-state index in [9.17, 15) is 9.59 Å². The Morgan fingerprint density at radius 2 is 1.93 bits per heavy atom. The van der Waals surface area contributed by atoms with E-state index in [1.807, 2.05) is 6.07 Å². The molecule has 0 bridgehead atoms. The number of hydrogen-bond acceptors (Lipinski definition) is 6. The maximum absolute atomic E-state index is 12.3. The van der Waals surface area contributed by atoms with Gasteiger partial charge in [-0.15, -0.1) is 0 Å². The Bertz CT molecular complexity index is 871. The van der Waals surface area contributed by atoms with Gasteiger partial charge in [0.05, 0.1) is 6.10 Å². The minimum atomic E-state index is -0.420. The monoisotopic (exact) mass is 397 g/mol. The minimum Gasteiger partial charge on any atom is -0.379 e. The molecule has 1 heterocycles. The first-order valence-electron chi connectivity index (χ1n) is 10.9. The average Bonchev–Trinajstić information content (AvgIpc) is 3.58. The summed E-state index contributed by atoms with van der Waals surface area (Å²) in [4.78, 5) is 26.4. The highest BCUT2D eigenvalue weighted by Gasteiger charge is 2.34. The van der Waals surface area contributed by atoms with Crippen molar-refractivity contribution in [2.75, 3.05) is 43.0 Å². The highest BCUT2D eigenvalue weighted by Crippen LogP contribution is 2.37. The molecule has 1 aliphatic heterocycles. The van der Waals surface area contributed by atoms with Crippen LogP contribution in [0.2, 0.25) is 0 Å². The van der Waals surface area contributed by atoms with E-state index >= 15 is 0 Å². The molecule has 2 fully saturated rings. The molecule has 4 rings (SSSR count). The summed E-state index contributed by atoms with van der Waals surface area (Å²) in [6.07, 6.45) is 5.85. The van der Waals surface area contributed by atoms with E-state index < -0.39 is 5.43 Å². The molecule has 2 aromatic rings. The summed E-state index contributed by atoms with van der Waals surface area (Å²) < 4.78 is 6.41. The number of nitrogens with zero attached hydrogens (tertiary/aromatic N) is 1. The van der Waals surface area contributed by atoms with Gasteiger partial charge >= 0.3 is 0 Å². The van der Waals surface area contributed by atoms with Crippen LogP contribution in [0.15, 0.2) is 39.9 Å². The van der Waals surface area contributed by atoms with E-state index in [0.717, 1.165) is 44.9 Å². The molecule has 1 saturated carbocycles. The molecule has 0 radical (unpaired) electrons. The molecule has 6 heteroatoms. The molecule has 3 N–H and O–H groups in total. The zero-order chi connectivity index (χ0) is 20.2. The Kier molecular flexibility index (Phi) is 6.31. The van der Waals surface area contributed by atoms with Crippen molar-refractivity contribution >= 4 is 11.4 Å². The van der Waals surface area contributed by atoms with Crippen LogP contribution < -0.4 is 26.8 Å². The summed E-state index contributed by atoms with van der Waals surface area (Å²) in [5, 5.41) is 3.04. The molecule has 1 aliphatic carbocycles. The molecule has 0 aromatic heterocycles. The number of piperidine rings is 1. The Morgan fingerprint density at radius 1 is 1.14 bits per heavy atom. The second-order valence-corrected chi connectivity index (χ2v) is 8.38. The van der Waals surface area contributed by atoms with Crippen LogP contribution in [0, 0.1) is 11.8 Å². The summed E-state index contributed by atoms with van der Waals surface area (Å²) in [5.41, 5.74) is 6.92. The number of anilines is 2. The first-order chi connectivity index (χ1) is 14.2. The van der Waals surface area contributed by atoms with Crippen LogP contribution in [-0.4, -0.2) is 32.8 Å². The molecule has 0 amide bonds. The average molecular weight is 398 g/mol. The van der Waals surface area contributed by atoms with Crippen molar-refractivity contribution < 1.29 is 4.74 Å². The van der Waals surface area contributed by atoms with Gasteiger partial charge in [-0.2, -0.15) is 0 Å². The Hall–Kier alpha value is -2.18. The molecule has 2 unspecified atom stereocenters. The molecule has 1 saturated heterocycles. The van der Waals surface area contributed by atoms with Crippen molar-refractivity contribution in [3.8, 4) is 0 Å². The Balaban J connectivity index is 1.49. The first-order valence-corrected chi connectivity index (χ1v) is 10.9. The van der Waals surface area contributed by atoms with E-state index in [-0.39, 0.29) is 17.5 Å². The predicted molar refractivity (Wildman–Crippen MR) is 116 cm³/mol. The minimum absolute atomic E-state index is 0.0182. The van der Waals surface area contributed by atoms with Gasteiger partial charge in [0.25, 0.3) is 10.9 Å². The van der Waals surface area contributed by atoms with Crippen LogP contribution in [-0.2, 0) is 4.74 Å². The number of rotatable bonds is 10. The van der Waals surface area contributed by atoms with E-state index in [2.05, 4.69) is 34.5 Å². The van der Waals surface area contributed by atoms with Gasteiger partial charge in [-0.1, -0.05) is 43.2 Å². The maximum atomic E-state index is 12.3. The highest BCUT2D eigenvalue weighted by molar-refractivity contribution is 5.75. The second-order valence-electron chi connectivity index (χ2n) is 8.38. The van der Waals surface area contributed by atoms with E-state index in [0.29, 0.717) is 24.5 Å². The highest BCUT2D eigenvalue weighted by atomic mass is 16.5. The van der Waals surface area contributed by atoms with Crippen LogP contribution in [0.1, 0.15) is 43.8 Å².